The molecular weight excluding hydrogens is 232 g/mol. The summed E-state index contributed by atoms with van der Waals surface area (Å²) in [6.07, 6.45) is 0. The summed E-state index contributed by atoms with van der Waals surface area (Å²) in [6.45, 7) is 0. The summed E-state index contributed by atoms with van der Waals surface area (Å²) < 4.78 is 4.27. The van der Waals surface area contributed by atoms with Crippen molar-refractivity contribution >= 4 is 22.8 Å². The monoisotopic (exact) mass is 239 g/mol. The van der Waals surface area contributed by atoms with E-state index in [-0.39, 0.29) is 5.75 Å². The van der Waals surface area contributed by atoms with Crippen molar-refractivity contribution in [1.29, 1.82) is 0 Å². The Hall–Kier alpha value is -1.47. The van der Waals surface area contributed by atoms with Gasteiger partial charge in [0, 0.05) is 4.90 Å². The van der Waals surface area contributed by atoms with Gasteiger partial charge < -0.3 is 10.2 Å². The lowest BCUT2D eigenvalue weighted by atomic mass is 10.1. The first kappa shape index (κ1) is 11.0. The zero-order chi connectivity index (χ0) is 11.5. The van der Waals surface area contributed by atoms with Gasteiger partial charge in [-0.05, 0) is 29.0 Å². The Morgan fingerprint density at radius 1 is 1.12 bits per heavy atom. The highest BCUT2D eigenvalue weighted by atomic mass is 32.2. The summed E-state index contributed by atoms with van der Waals surface area (Å²) in [5.41, 5.74) is 0. The molecule has 0 atom stereocenters. The highest BCUT2D eigenvalue weighted by Gasteiger charge is 2.01. The van der Waals surface area contributed by atoms with Gasteiger partial charge in [0.15, 0.2) is 0 Å². The Kier molecular flexibility index (Phi) is 3.16. The molecule has 0 heterocycles. The topological polar surface area (TPSA) is 82.0 Å². The number of hydrogen-bond acceptors (Lipinski definition) is 6. The van der Waals surface area contributed by atoms with Crippen molar-refractivity contribution in [3.05, 3.63) is 30.3 Å². The number of aromatic hydroxyl groups is 1. The molecule has 0 spiro atoms. The van der Waals surface area contributed by atoms with Gasteiger partial charge in [0.2, 0.25) is 0 Å². The molecule has 5 nitrogen and oxygen atoms in total. The largest absolute Gasteiger partial charge is 0.870 e. The zero-order valence-electron chi connectivity index (χ0n) is 7.91. The molecule has 0 aliphatic rings. The number of fused-ring (bicyclic) bond motifs is 1. The van der Waals surface area contributed by atoms with Crippen molar-refractivity contribution in [2.24, 2.45) is 0 Å². The summed E-state index contributed by atoms with van der Waals surface area (Å²) in [5, 5.41) is 33.3. The maximum absolute atomic E-state index is 11.2. The zero-order valence-corrected chi connectivity index (χ0v) is 8.73. The van der Waals surface area contributed by atoms with Crippen LogP contribution < -0.4 is 5.11 Å². The summed E-state index contributed by atoms with van der Waals surface area (Å²) in [7, 11) is 0. The minimum atomic E-state index is -0.414. The molecule has 6 heteroatoms. The van der Waals surface area contributed by atoms with E-state index in [4.69, 9.17) is 5.26 Å². The van der Waals surface area contributed by atoms with Gasteiger partial charge in [0.05, 0.1) is 12.0 Å². The summed E-state index contributed by atoms with van der Waals surface area (Å²) in [5.74, 6) is -0.711. The lowest BCUT2D eigenvalue weighted by Gasteiger charge is -2.10. The number of phenolic OH excluding ortho intramolecular Hbond substituents is 1. The van der Waals surface area contributed by atoms with E-state index in [9.17, 15) is 10.2 Å². The lowest BCUT2D eigenvalue weighted by Crippen LogP contribution is -1.89. The van der Waals surface area contributed by atoms with Crippen molar-refractivity contribution in [3.8, 4) is 11.5 Å². The van der Waals surface area contributed by atoms with Crippen LogP contribution in [0.4, 0.5) is 0 Å². The summed E-state index contributed by atoms with van der Waals surface area (Å²) in [6, 6.07) is 7.82. The second kappa shape index (κ2) is 4.58. The third kappa shape index (κ3) is 2.20. The Balaban J connectivity index is 2.41. The van der Waals surface area contributed by atoms with Crippen molar-refractivity contribution in [3.63, 3.8) is 0 Å². The fraction of sp³-hybridized carbons (Fsp3) is 0. The van der Waals surface area contributed by atoms with Gasteiger partial charge in [-0.3, -0.25) is 0 Å². The van der Waals surface area contributed by atoms with Crippen LogP contribution in [0.5, 0.6) is 11.5 Å². The van der Waals surface area contributed by atoms with Crippen LogP contribution in [0.25, 0.3) is 10.8 Å². The second-order valence-corrected chi connectivity index (χ2v) is 3.83. The molecule has 0 bridgehead atoms. The fourth-order valence-electron chi connectivity index (χ4n) is 1.35. The quantitative estimate of drug-likeness (QED) is 0.484. The van der Waals surface area contributed by atoms with E-state index >= 15 is 0 Å². The maximum Gasteiger partial charge on any atom is 0.108 e. The smallest absolute Gasteiger partial charge is 0.108 e. The molecule has 0 saturated heterocycles. The minimum absolute atomic E-state index is 0.297. The first-order valence-corrected chi connectivity index (χ1v) is 5.03. The predicted molar refractivity (Wildman–Crippen MR) is 55.7 cm³/mol. The second-order valence-electron chi connectivity index (χ2n) is 3.05. The van der Waals surface area contributed by atoms with Crippen LogP contribution in [-0.2, 0) is 9.37 Å². The van der Waals surface area contributed by atoms with E-state index in [0.717, 1.165) is 17.4 Å². The normalized spacial score (nSPS) is 10.8. The van der Waals surface area contributed by atoms with E-state index in [0.29, 0.717) is 10.3 Å². The average molecular weight is 239 g/mol. The van der Waals surface area contributed by atoms with Crippen LogP contribution in [0.1, 0.15) is 0 Å². The molecule has 0 unspecified atom stereocenters. The summed E-state index contributed by atoms with van der Waals surface area (Å²) in [4.78, 5) is 0.666. The van der Waals surface area contributed by atoms with Crippen LogP contribution in [0.3, 0.4) is 0 Å². The lowest BCUT2D eigenvalue weighted by molar-refractivity contribution is -0.432. The van der Waals surface area contributed by atoms with Crippen LogP contribution in [-0.4, -0.2) is 10.4 Å². The third-order valence-electron chi connectivity index (χ3n) is 2.05. The number of phenols is 1. The first-order chi connectivity index (χ1) is 7.70. The molecule has 0 fully saturated rings. The third-order valence-corrected chi connectivity index (χ3v) is 2.63. The number of rotatable bonds is 3. The molecule has 0 amide bonds. The Labute approximate surface area is 94.9 Å². The van der Waals surface area contributed by atoms with Gasteiger partial charge in [-0.2, -0.15) is 0 Å². The van der Waals surface area contributed by atoms with Crippen molar-refractivity contribution < 1.29 is 24.8 Å². The average Bonchev–Trinajstić information content (AvgIpc) is 2.28. The Morgan fingerprint density at radius 2 is 1.94 bits per heavy atom. The van der Waals surface area contributed by atoms with Crippen molar-refractivity contribution in [2.45, 2.75) is 4.90 Å². The molecule has 0 saturated carbocycles. The van der Waals surface area contributed by atoms with Gasteiger partial charge in [-0.1, -0.05) is 22.9 Å². The van der Waals surface area contributed by atoms with E-state index < -0.39 is 5.75 Å². The van der Waals surface area contributed by atoms with E-state index in [2.05, 4.69) is 9.37 Å². The van der Waals surface area contributed by atoms with Crippen molar-refractivity contribution in [2.75, 3.05) is 0 Å². The molecule has 0 radical (unpaired) electrons. The van der Waals surface area contributed by atoms with Gasteiger partial charge in [-0.25, -0.2) is 5.26 Å². The van der Waals surface area contributed by atoms with E-state index in [1.165, 1.54) is 12.1 Å². The van der Waals surface area contributed by atoms with Crippen LogP contribution in [0.15, 0.2) is 35.2 Å². The molecule has 2 rings (SSSR count). The number of hydrogen-bond donors (Lipinski definition) is 2. The molecule has 16 heavy (non-hydrogen) atoms. The maximum atomic E-state index is 11.2. The van der Waals surface area contributed by atoms with Crippen LogP contribution >= 0.6 is 12.0 Å². The molecular formula is C10H7O5S-. The predicted octanol–water partition coefficient (Wildman–Crippen LogP) is 2.05. The Morgan fingerprint density at radius 3 is 2.69 bits per heavy atom. The summed E-state index contributed by atoms with van der Waals surface area (Å²) >= 11 is 0.813. The van der Waals surface area contributed by atoms with Gasteiger partial charge in [0.1, 0.15) is 5.75 Å². The molecule has 0 aromatic heterocycles. The minimum Gasteiger partial charge on any atom is -0.870 e. The highest BCUT2D eigenvalue weighted by Crippen LogP contribution is 2.31. The van der Waals surface area contributed by atoms with Gasteiger partial charge >= 0.3 is 0 Å². The molecule has 84 valence electrons. The van der Waals surface area contributed by atoms with Crippen molar-refractivity contribution in [1.82, 2.24) is 0 Å². The molecule has 2 aromatic rings. The Bertz CT molecular complexity index is 514. The molecule has 2 aromatic carbocycles. The van der Waals surface area contributed by atoms with E-state index in [1.807, 2.05) is 0 Å². The fourth-order valence-corrected chi connectivity index (χ4v) is 1.76. The SMILES string of the molecule is [O-]c1cc2ccc(SOOO)cc2cc1O. The van der Waals surface area contributed by atoms with Crippen LogP contribution in [0, 0.1) is 0 Å². The standard InChI is InChI=1S/C10H8O5S/c11-9-4-6-1-2-8(16-15-14-13)3-7(6)5-10(9)12/h1-5,11-13H/p-1. The van der Waals surface area contributed by atoms with Crippen LogP contribution in [0.2, 0.25) is 0 Å². The van der Waals surface area contributed by atoms with E-state index in [1.54, 1.807) is 18.2 Å². The number of benzene rings is 2. The molecule has 0 aliphatic carbocycles. The molecule has 2 N–H and O–H groups in total. The first-order valence-electron chi connectivity index (χ1n) is 4.29. The van der Waals surface area contributed by atoms with Gasteiger partial charge in [-0.15, -0.1) is 4.33 Å². The van der Waals surface area contributed by atoms with Gasteiger partial charge in [0.25, 0.3) is 0 Å². The highest BCUT2D eigenvalue weighted by molar-refractivity contribution is 7.94. The molecule has 0 aliphatic heterocycles.